The van der Waals surface area contributed by atoms with Gasteiger partial charge in [-0.05, 0) is 23.6 Å². The second kappa shape index (κ2) is 8.11. The Morgan fingerprint density at radius 3 is 2.91 bits per heavy atom. The quantitative estimate of drug-likeness (QED) is 0.264. The molecule has 164 valence electrons. The van der Waals surface area contributed by atoms with E-state index in [-0.39, 0.29) is 16.7 Å². The number of aliphatic hydroxyl groups is 1. The van der Waals surface area contributed by atoms with E-state index >= 15 is 0 Å². The van der Waals surface area contributed by atoms with Gasteiger partial charge >= 0.3 is 0 Å². The summed E-state index contributed by atoms with van der Waals surface area (Å²) in [6.45, 7) is 6.61. The minimum absolute atomic E-state index is 0.0232. The lowest BCUT2D eigenvalue weighted by Crippen LogP contribution is -2.67. The number of hydrogen-bond acceptors (Lipinski definition) is 4. The molecule has 1 aromatic heterocycles. The molecule has 6 heteroatoms. The van der Waals surface area contributed by atoms with Gasteiger partial charge in [0.05, 0.1) is 23.5 Å². The second-order valence-corrected chi connectivity index (χ2v) is 9.32. The van der Waals surface area contributed by atoms with Gasteiger partial charge in [-0.25, -0.2) is 0 Å². The summed E-state index contributed by atoms with van der Waals surface area (Å²) in [6, 6.07) is 16.8. The molecule has 32 heavy (non-hydrogen) atoms. The molecule has 0 radical (unpaired) electrons. The molecular weight excluding hydrogens is 402 g/mol. The molecule has 2 aromatic carbocycles. The number of para-hydroxylation sites is 1. The average molecular weight is 431 g/mol. The highest BCUT2D eigenvalue weighted by Crippen LogP contribution is 2.48. The number of nitro benzene ring substituents is 1. The molecule has 3 saturated heterocycles. The van der Waals surface area contributed by atoms with E-state index in [1.54, 1.807) is 18.3 Å². The van der Waals surface area contributed by atoms with Crippen LogP contribution in [0.1, 0.15) is 30.1 Å². The van der Waals surface area contributed by atoms with Crippen molar-refractivity contribution in [1.29, 1.82) is 0 Å². The number of pyridine rings is 1. The van der Waals surface area contributed by atoms with Crippen LogP contribution in [-0.4, -0.2) is 38.6 Å². The Hall–Kier alpha value is -3.09. The number of nitro groups is 1. The minimum atomic E-state index is -0.629. The number of piperidine rings is 3. The van der Waals surface area contributed by atoms with Crippen molar-refractivity contribution >= 4 is 16.6 Å². The number of hydrogen-bond donors (Lipinski definition) is 1. The number of aliphatic hydroxyl groups excluding tert-OH is 1. The first-order valence-electron chi connectivity index (χ1n) is 11.2. The Labute approximate surface area is 187 Å². The van der Waals surface area contributed by atoms with Crippen molar-refractivity contribution in [1.82, 2.24) is 4.98 Å². The van der Waals surface area contributed by atoms with Crippen molar-refractivity contribution in [2.24, 2.45) is 11.8 Å². The molecule has 4 unspecified atom stereocenters. The van der Waals surface area contributed by atoms with Crippen molar-refractivity contribution < 1.29 is 14.5 Å². The lowest BCUT2D eigenvalue weighted by atomic mass is 9.71. The third kappa shape index (κ3) is 3.49. The third-order valence-corrected chi connectivity index (χ3v) is 7.66. The Morgan fingerprint density at radius 1 is 1.25 bits per heavy atom. The zero-order valence-electron chi connectivity index (χ0n) is 18.0. The summed E-state index contributed by atoms with van der Waals surface area (Å²) in [5, 5.41) is 24.0. The van der Waals surface area contributed by atoms with Crippen LogP contribution < -0.4 is 0 Å². The van der Waals surface area contributed by atoms with Gasteiger partial charge in [0.15, 0.2) is 0 Å². The molecular formula is C26H28N3O3+. The summed E-state index contributed by atoms with van der Waals surface area (Å²) in [5.41, 5.74) is 2.86. The Morgan fingerprint density at radius 2 is 2.09 bits per heavy atom. The van der Waals surface area contributed by atoms with Gasteiger partial charge in [0, 0.05) is 48.0 Å². The summed E-state index contributed by atoms with van der Waals surface area (Å²) < 4.78 is 0.728. The fourth-order valence-electron chi connectivity index (χ4n) is 6.10. The van der Waals surface area contributed by atoms with Crippen LogP contribution in [0.2, 0.25) is 0 Å². The van der Waals surface area contributed by atoms with Gasteiger partial charge in [0.2, 0.25) is 0 Å². The fraction of sp³-hybridized carbons (Fsp3) is 0.346. The van der Waals surface area contributed by atoms with Gasteiger partial charge in [0.1, 0.15) is 18.7 Å². The Kier molecular flexibility index (Phi) is 5.27. The van der Waals surface area contributed by atoms with Crippen molar-refractivity contribution in [2.75, 3.05) is 13.1 Å². The first-order chi connectivity index (χ1) is 15.5. The van der Waals surface area contributed by atoms with Crippen LogP contribution in [0.5, 0.6) is 0 Å². The van der Waals surface area contributed by atoms with Crippen molar-refractivity contribution in [3.63, 3.8) is 0 Å². The zero-order valence-corrected chi connectivity index (χ0v) is 18.0. The normalized spacial score (nSPS) is 27.8. The van der Waals surface area contributed by atoms with Gasteiger partial charge in [-0.15, -0.1) is 6.58 Å². The molecule has 3 fully saturated rings. The monoisotopic (exact) mass is 430 g/mol. The molecule has 0 saturated carbocycles. The smallest absolute Gasteiger partial charge is 0.269 e. The Bertz CT molecular complexity index is 1170. The van der Waals surface area contributed by atoms with E-state index in [1.165, 1.54) is 6.07 Å². The van der Waals surface area contributed by atoms with E-state index in [2.05, 4.69) is 17.6 Å². The number of benzene rings is 2. The zero-order chi connectivity index (χ0) is 22.3. The third-order valence-electron chi connectivity index (χ3n) is 7.66. The SMILES string of the molecule is C=CC1C[N+]2(Cc3cccc([N+](=O)[O-])c3)CCC1CC2[C@H](O)c1ccnc2ccccc12. The number of quaternary nitrogens is 1. The van der Waals surface area contributed by atoms with Gasteiger partial charge in [-0.1, -0.05) is 36.4 Å². The average Bonchev–Trinajstić information content (AvgIpc) is 2.83. The van der Waals surface area contributed by atoms with Crippen LogP contribution in [0.25, 0.3) is 10.9 Å². The summed E-state index contributed by atoms with van der Waals surface area (Å²) in [6.07, 6.45) is 5.22. The minimum Gasteiger partial charge on any atom is -0.382 e. The van der Waals surface area contributed by atoms with Gasteiger partial charge in [-0.3, -0.25) is 15.1 Å². The fourth-order valence-corrected chi connectivity index (χ4v) is 6.10. The standard InChI is InChI=1S/C26H28N3O3/c1-2-19-17-29(16-18-6-5-7-21(14-18)28(31)32)13-11-20(19)15-25(29)26(30)23-10-12-27-24-9-4-3-8-22(23)24/h2-10,12,14,19-20,25-26,30H,1,11,13,15-17H2/q+1/t19?,20?,25?,26-,29?/m1/s1. The number of non-ortho nitro benzene ring substituents is 1. The van der Waals surface area contributed by atoms with E-state index in [0.717, 1.165) is 52.4 Å². The molecule has 3 aromatic rings. The lowest BCUT2D eigenvalue weighted by Gasteiger charge is -2.58. The van der Waals surface area contributed by atoms with Gasteiger partial charge < -0.3 is 9.59 Å². The lowest BCUT2D eigenvalue weighted by molar-refractivity contribution is -0.984. The van der Waals surface area contributed by atoms with Crippen LogP contribution in [0.4, 0.5) is 5.69 Å². The van der Waals surface area contributed by atoms with Crippen molar-refractivity contribution in [2.45, 2.75) is 31.5 Å². The van der Waals surface area contributed by atoms with Crippen molar-refractivity contribution in [3.05, 3.63) is 94.7 Å². The maximum atomic E-state index is 11.7. The molecule has 3 aliphatic rings. The molecule has 1 N–H and O–H groups in total. The highest BCUT2D eigenvalue weighted by molar-refractivity contribution is 5.82. The van der Waals surface area contributed by atoms with Gasteiger partial charge in [0.25, 0.3) is 5.69 Å². The number of nitrogens with zero attached hydrogens (tertiary/aromatic N) is 3. The molecule has 4 heterocycles. The predicted octanol–water partition coefficient (Wildman–Crippen LogP) is 4.79. The summed E-state index contributed by atoms with van der Waals surface area (Å²) >= 11 is 0. The Balaban J connectivity index is 1.55. The number of rotatable bonds is 6. The second-order valence-electron chi connectivity index (χ2n) is 9.32. The largest absolute Gasteiger partial charge is 0.382 e. The molecule has 6 rings (SSSR count). The molecule has 0 spiro atoms. The van der Waals surface area contributed by atoms with Crippen LogP contribution in [0.3, 0.4) is 0 Å². The maximum absolute atomic E-state index is 11.7. The first kappa shape index (κ1) is 20.8. The van der Waals surface area contributed by atoms with Crippen LogP contribution in [0.15, 0.2) is 73.4 Å². The van der Waals surface area contributed by atoms with E-state index < -0.39 is 6.10 Å². The summed E-state index contributed by atoms with van der Waals surface area (Å²) in [5.74, 6) is 0.922. The molecule has 5 atom stereocenters. The van der Waals surface area contributed by atoms with Crippen LogP contribution >= 0.6 is 0 Å². The predicted molar refractivity (Wildman–Crippen MR) is 124 cm³/mol. The van der Waals surface area contributed by atoms with Crippen LogP contribution in [-0.2, 0) is 6.54 Å². The first-order valence-corrected chi connectivity index (χ1v) is 11.2. The molecule has 3 aliphatic heterocycles. The van der Waals surface area contributed by atoms with Crippen molar-refractivity contribution in [3.8, 4) is 0 Å². The van der Waals surface area contributed by atoms with E-state index in [1.807, 2.05) is 36.4 Å². The number of aromatic nitrogens is 1. The number of fused-ring (bicyclic) bond motifs is 4. The van der Waals surface area contributed by atoms with E-state index in [0.29, 0.717) is 18.4 Å². The summed E-state index contributed by atoms with van der Waals surface area (Å²) in [7, 11) is 0. The highest BCUT2D eigenvalue weighted by atomic mass is 16.6. The summed E-state index contributed by atoms with van der Waals surface area (Å²) in [4.78, 5) is 15.4. The van der Waals surface area contributed by atoms with Crippen LogP contribution in [0, 0.1) is 22.0 Å². The molecule has 0 amide bonds. The molecule has 2 bridgehead atoms. The van der Waals surface area contributed by atoms with E-state index in [4.69, 9.17) is 0 Å². The molecule has 0 aliphatic carbocycles. The van der Waals surface area contributed by atoms with Gasteiger partial charge in [-0.2, -0.15) is 0 Å². The maximum Gasteiger partial charge on any atom is 0.269 e. The molecule has 6 nitrogen and oxygen atoms in total. The topological polar surface area (TPSA) is 76.3 Å². The van der Waals surface area contributed by atoms with E-state index in [9.17, 15) is 15.2 Å². The highest BCUT2D eigenvalue weighted by Gasteiger charge is 2.54.